The molecule has 3 aromatic carbocycles. The molecule has 2 heterocycles. The largest absolute Gasteiger partial charge is 0.497 e. The summed E-state index contributed by atoms with van der Waals surface area (Å²) in [6.45, 7) is 2.09. The molecule has 0 unspecified atom stereocenters. The molecule has 6 nitrogen and oxygen atoms in total. The molecule has 0 aliphatic carbocycles. The number of fused-ring (bicyclic) bond motifs is 2. The van der Waals surface area contributed by atoms with Crippen molar-refractivity contribution in [3.05, 3.63) is 106 Å². The number of H-pyrrole nitrogens is 1. The zero-order chi connectivity index (χ0) is 23.7. The second kappa shape index (κ2) is 8.83. The molecule has 2 aromatic heterocycles. The summed E-state index contributed by atoms with van der Waals surface area (Å²) >= 11 is 0. The van der Waals surface area contributed by atoms with Gasteiger partial charge >= 0.3 is 0 Å². The third kappa shape index (κ3) is 4.13. The number of aryl methyl sites for hydroxylation is 1. The molecule has 6 heteroatoms. The fourth-order valence-electron chi connectivity index (χ4n) is 4.04. The molecule has 0 aliphatic rings. The SMILES string of the molecule is COc1ccc(-c2cc(C(=O)NCc3cc4ccc(C)cc4[nH]c3=O)c3ccccc3n2)cc1. The minimum absolute atomic E-state index is 0.118. The number of amides is 1. The Balaban J connectivity index is 1.48. The van der Waals surface area contributed by atoms with E-state index in [-0.39, 0.29) is 18.0 Å². The van der Waals surface area contributed by atoms with E-state index < -0.39 is 0 Å². The number of hydrogen-bond donors (Lipinski definition) is 2. The summed E-state index contributed by atoms with van der Waals surface area (Å²) in [5.41, 5.74) is 4.93. The standard InChI is InChI=1S/C28H23N3O3/c1-17-7-8-19-14-20(27(32)31-25(19)13-17)16-29-28(33)23-15-26(18-9-11-21(34-2)12-10-18)30-24-6-4-3-5-22(23)24/h3-15H,16H2,1-2H3,(H,29,33)(H,31,32). The Labute approximate surface area is 196 Å². The van der Waals surface area contributed by atoms with E-state index in [2.05, 4.69) is 10.3 Å². The third-order valence-electron chi connectivity index (χ3n) is 5.86. The second-order valence-corrected chi connectivity index (χ2v) is 8.20. The van der Waals surface area contributed by atoms with Crippen LogP contribution in [0.15, 0.2) is 83.7 Å². The van der Waals surface area contributed by atoms with E-state index in [1.54, 1.807) is 13.2 Å². The van der Waals surface area contributed by atoms with E-state index in [4.69, 9.17) is 9.72 Å². The highest BCUT2D eigenvalue weighted by molar-refractivity contribution is 6.07. The van der Waals surface area contributed by atoms with Gasteiger partial charge in [0.2, 0.25) is 0 Å². The average Bonchev–Trinajstić information content (AvgIpc) is 2.86. The molecule has 0 radical (unpaired) electrons. The summed E-state index contributed by atoms with van der Waals surface area (Å²) in [6, 6.07) is 24.6. The number of benzene rings is 3. The topological polar surface area (TPSA) is 84.1 Å². The summed E-state index contributed by atoms with van der Waals surface area (Å²) in [4.78, 5) is 33.5. The van der Waals surface area contributed by atoms with E-state index in [9.17, 15) is 9.59 Å². The van der Waals surface area contributed by atoms with Gasteiger partial charge in [0.1, 0.15) is 5.75 Å². The number of ether oxygens (including phenoxy) is 1. The molecule has 5 aromatic rings. The predicted molar refractivity (Wildman–Crippen MR) is 134 cm³/mol. The van der Waals surface area contributed by atoms with Crippen LogP contribution in [0.1, 0.15) is 21.5 Å². The number of pyridine rings is 2. The number of carbonyl (C=O) groups excluding carboxylic acids is 1. The highest BCUT2D eigenvalue weighted by Gasteiger charge is 2.15. The molecule has 0 spiro atoms. The summed E-state index contributed by atoms with van der Waals surface area (Å²) < 4.78 is 5.24. The number of para-hydroxylation sites is 1. The molecule has 0 saturated heterocycles. The van der Waals surface area contributed by atoms with Crippen molar-refractivity contribution < 1.29 is 9.53 Å². The van der Waals surface area contributed by atoms with Gasteiger partial charge in [-0.3, -0.25) is 9.59 Å². The van der Waals surface area contributed by atoms with Crippen molar-refractivity contribution >= 4 is 27.7 Å². The van der Waals surface area contributed by atoms with Crippen molar-refractivity contribution in [2.24, 2.45) is 0 Å². The number of nitrogens with one attached hydrogen (secondary N) is 2. The number of methoxy groups -OCH3 is 1. The molecule has 2 N–H and O–H groups in total. The quantitative estimate of drug-likeness (QED) is 0.396. The lowest BCUT2D eigenvalue weighted by molar-refractivity contribution is 0.0952. The molecule has 0 bridgehead atoms. The molecule has 0 saturated carbocycles. The maximum atomic E-state index is 13.3. The monoisotopic (exact) mass is 449 g/mol. The molecule has 0 aliphatic heterocycles. The smallest absolute Gasteiger partial charge is 0.253 e. The van der Waals surface area contributed by atoms with Crippen molar-refractivity contribution in [3.63, 3.8) is 0 Å². The zero-order valence-corrected chi connectivity index (χ0v) is 18.9. The van der Waals surface area contributed by atoms with Gasteiger partial charge in [-0.2, -0.15) is 0 Å². The summed E-state index contributed by atoms with van der Waals surface area (Å²) in [6.07, 6.45) is 0. The number of nitrogens with zero attached hydrogens (tertiary/aromatic N) is 1. The predicted octanol–water partition coefficient (Wildman–Crippen LogP) is 4.99. The molecule has 34 heavy (non-hydrogen) atoms. The molecule has 168 valence electrons. The minimum atomic E-state index is -0.267. The molecular formula is C28H23N3O3. The fourth-order valence-corrected chi connectivity index (χ4v) is 4.04. The van der Waals surface area contributed by atoms with E-state index in [0.717, 1.165) is 38.7 Å². The molecule has 5 rings (SSSR count). The van der Waals surface area contributed by atoms with Crippen LogP contribution < -0.4 is 15.6 Å². The van der Waals surface area contributed by atoms with Crippen molar-refractivity contribution in [3.8, 4) is 17.0 Å². The van der Waals surface area contributed by atoms with E-state index >= 15 is 0 Å². The first-order chi connectivity index (χ1) is 16.5. The average molecular weight is 450 g/mol. The van der Waals surface area contributed by atoms with E-state index in [0.29, 0.717) is 16.8 Å². The van der Waals surface area contributed by atoms with E-state index in [1.807, 2.05) is 79.7 Å². The number of carbonyl (C=O) groups is 1. The third-order valence-corrected chi connectivity index (χ3v) is 5.86. The first kappa shape index (κ1) is 21.4. The Hall–Kier alpha value is -4.45. The van der Waals surface area contributed by atoms with Gasteiger partial charge in [-0.15, -0.1) is 0 Å². The van der Waals surface area contributed by atoms with Crippen LogP contribution in [0, 0.1) is 6.92 Å². The van der Waals surface area contributed by atoms with Crippen LogP contribution in [-0.2, 0) is 6.54 Å². The van der Waals surface area contributed by atoms with Crippen molar-refractivity contribution in [2.45, 2.75) is 13.5 Å². The second-order valence-electron chi connectivity index (χ2n) is 8.20. The van der Waals surface area contributed by atoms with Crippen LogP contribution in [0.25, 0.3) is 33.1 Å². The van der Waals surface area contributed by atoms with Crippen LogP contribution in [0.4, 0.5) is 0 Å². The Kier molecular flexibility index (Phi) is 5.55. The maximum absolute atomic E-state index is 13.3. The van der Waals surface area contributed by atoms with Crippen molar-refractivity contribution in [2.75, 3.05) is 7.11 Å². The molecule has 0 fully saturated rings. The molecular weight excluding hydrogens is 426 g/mol. The lowest BCUT2D eigenvalue weighted by Gasteiger charge is -2.11. The van der Waals surface area contributed by atoms with Gasteiger partial charge in [0.15, 0.2) is 0 Å². The highest BCUT2D eigenvalue weighted by Crippen LogP contribution is 2.26. The summed E-state index contributed by atoms with van der Waals surface area (Å²) in [5.74, 6) is 0.482. The number of aromatic amines is 1. The van der Waals surface area contributed by atoms with Gasteiger partial charge < -0.3 is 15.0 Å². The van der Waals surface area contributed by atoms with Crippen LogP contribution in [0.3, 0.4) is 0 Å². The molecule has 1 amide bonds. The Morgan fingerprint density at radius 3 is 2.59 bits per heavy atom. The number of aromatic nitrogens is 2. The first-order valence-corrected chi connectivity index (χ1v) is 11.0. The number of hydrogen-bond acceptors (Lipinski definition) is 4. The lowest BCUT2D eigenvalue weighted by Crippen LogP contribution is -2.27. The zero-order valence-electron chi connectivity index (χ0n) is 18.9. The summed E-state index contributed by atoms with van der Waals surface area (Å²) in [7, 11) is 1.62. The highest BCUT2D eigenvalue weighted by atomic mass is 16.5. The van der Waals surface area contributed by atoms with Gasteiger partial charge in [-0.1, -0.05) is 30.3 Å². The van der Waals surface area contributed by atoms with Crippen molar-refractivity contribution in [1.82, 2.24) is 15.3 Å². The molecule has 0 atom stereocenters. The number of rotatable bonds is 5. The van der Waals surface area contributed by atoms with Crippen molar-refractivity contribution in [1.29, 1.82) is 0 Å². The summed E-state index contributed by atoms with van der Waals surface area (Å²) in [5, 5.41) is 4.59. The lowest BCUT2D eigenvalue weighted by atomic mass is 10.0. The Morgan fingerprint density at radius 2 is 1.79 bits per heavy atom. The van der Waals surface area contributed by atoms with Gasteiger partial charge in [0.05, 0.1) is 23.9 Å². The van der Waals surface area contributed by atoms with E-state index in [1.165, 1.54) is 0 Å². The fraction of sp³-hybridized carbons (Fsp3) is 0.107. The first-order valence-electron chi connectivity index (χ1n) is 11.0. The van der Waals surface area contributed by atoms with Crippen LogP contribution in [0.2, 0.25) is 0 Å². The van der Waals surface area contributed by atoms with Crippen LogP contribution >= 0.6 is 0 Å². The maximum Gasteiger partial charge on any atom is 0.253 e. The normalized spacial score (nSPS) is 11.0. The van der Waals surface area contributed by atoms with Crippen LogP contribution in [-0.4, -0.2) is 23.0 Å². The van der Waals surface area contributed by atoms with Gasteiger partial charge in [0, 0.05) is 28.6 Å². The van der Waals surface area contributed by atoms with Crippen LogP contribution in [0.5, 0.6) is 5.75 Å². The van der Waals surface area contributed by atoms with Gasteiger partial charge in [-0.25, -0.2) is 4.98 Å². The van der Waals surface area contributed by atoms with Gasteiger partial charge in [0.25, 0.3) is 11.5 Å². The Morgan fingerprint density at radius 1 is 1.00 bits per heavy atom. The minimum Gasteiger partial charge on any atom is -0.497 e. The Bertz CT molecular complexity index is 1590. The van der Waals surface area contributed by atoms with Gasteiger partial charge in [-0.05, 0) is 66.4 Å².